The zero-order valence-electron chi connectivity index (χ0n) is 9.15. The Morgan fingerprint density at radius 1 is 1.29 bits per heavy atom. The maximum Gasteiger partial charge on any atom is 0.321 e. The van der Waals surface area contributed by atoms with Gasteiger partial charge in [0.2, 0.25) is 0 Å². The van der Waals surface area contributed by atoms with Crippen LogP contribution in [0.15, 0.2) is 35.1 Å². The minimum Gasteiger partial charge on any atom is -0.424 e. The van der Waals surface area contributed by atoms with Gasteiger partial charge in [-0.2, -0.15) is 0 Å². The first-order valence-electron chi connectivity index (χ1n) is 5.00. The van der Waals surface area contributed by atoms with Crippen LogP contribution < -0.4 is 4.74 Å². The maximum atomic E-state index is 5.66. The molecule has 88 valence electrons. The van der Waals surface area contributed by atoms with Gasteiger partial charge in [0.05, 0.1) is 5.88 Å². The first-order chi connectivity index (χ1) is 8.19. The van der Waals surface area contributed by atoms with Gasteiger partial charge in [0.15, 0.2) is 0 Å². The van der Waals surface area contributed by atoms with Crippen LogP contribution in [0.4, 0.5) is 0 Å². The van der Waals surface area contributed by atoms with Crippen molar-refractivity contribution in [3.63, 3.8) is 0 Å². The molecule has 2 rings (SSSR count). The number of aryl methyl sites for hydroxylation is 1. The van der Waals surface area contributed by atoms with Gasteiger partial charge >= 0.3 is 6.01 Å². The van der Waals surface area contributed by atoms with E-state index in [1.807, 2.05) is 25.1 Å². The summed E-state index contributed by atoms with van der Waals surface area (Å²) >= 11 is 9.05. The van der Waals surface area contributed by atoms with Gasteiger partial charge in [0.1, 0.15) is 5.75 Å². The van der Waals surface area contributed by atoms with E-state index in [0.717, 1.165) is 21.3 Å². The summed E-state index contributed by atoms with van der Waals surface area (Å²) in [6.07, 6.45) is 3.31. The van der Waals surface area contributed by atoms with Crippen LogP contribution in [0.25, 0.3) is 0 Å². The molecule has 2 aromatic rings. The van der Waals surface area contributed by atoms with Gasteiger partial charge < -0.3 is 4.74 Å². The Morgan fingerprint density at radius 2 is 2.00 bits per heavy atom. The van der Waals surface area contributed by atoms with Crippen LogP contribution in [0.5, 0.6) is 11.8 Å². The molecule has 0 radical (unpaired) electrons. The van der Waals surface area contributed by atoms with Gasteiger partial charge in [-0.1, -0.05) is 22.0 Å². The maximum absolute atomic E-state index is 5.66. The Bertz CT molecular complexity index is 516. The molecule has 0 aliphatic rings. The SMILES string of the molecule is Cc1ccc(Br)cc1Oc1ncc(CCl)cn1. The van der Waals surface area contributed by atoms with Gasteiger partial charge in [0, 0.05) is 22.4 Å². The predicted octanol–water partition coefficient (Wildman–Crippen LogP) is 4.08. The lowest BCUT2D eigenvalue weighted by Crippen LogP contribution is -1.94. The molecule has 0 amide bonds. The summed E-state index contributed by atoms with van der Waals surface area (Å²) in [4.78, 5) is 8.17. The zero-order valence-corrected chi connectivity index (χ0v) is 11.5. The third-order valence-electron chi connectivity index (χ3n) is 2.19. The lowest BCUT2D eigenvalue weighted by Gasteiger charge is -2.07. The third-order valence-corrected chi connectivity index (χ3v) is 2.99. The second-order valence-corrected chi connectivity index (χ2v) is 4.70. The molecular weight excluding hydrogens is 304 g/mol. The molecule has 5 heteroatoms. The number of alkyl halides is 1. The fraction of sp³-hybridized carbons (Fsp3) is 0.167. The summed E-state index contributed by atoms with van der Waals surface area (Å²) in [5.74, 6) is 1.13. The number of rotatable bonds is 3. The van der Waals surface area contributed by atoms with E-state index in [9.17, 15) is 0 Å². The molecule has 1 aromatic carbocycles. The summed E-state index contributed by atoms with van der Waals surface area (Å²) in [7, 11) is 0. The number of ether oxygens (including phenoxy) is 1. The summed E-state index contributed by atoms with van der Waals surface area (Å²) in [6.45, 7) is 1.97. The van der Waals surface area contributed by atoms with Crippen molar-refractivity contribution in [2.45, 2.75) is 12.8 Å². The monoisotopic (exact) mass is 312 g/mol. The van der Waals surface area contributed by atoms with Gasteiger partial charge in [-0.05, 0) is 24.6 Å². The number of hydrogen-bond acceptors (Lipinski definition) is 3. The molecule has 0 saturated carbocycles. The van der Waals surface area contributed by atoms with Crippen LogP contribution in [0.3, 0.4) is 0 Å². The van der Waals surface area contributed by atoms with Gasteiger partial charge in [-0.3, -0.25) is 0 Å². The number of aromatic nitrogens is 2. The predicted molar refractivity (Wildman–Crippen MR) is 70.5 cm³/mol. The van der Waals surface area contributed by atoms with Crippen LogP contribution in [-0.4, -0.2) is 9.97 Å². The summed E-state index contributed by atoms with van der Waals surface area (Å²) in [6, 6.07) is 6.13. The van der Waals surface area contributed by atoms with Crippen molar-refractivity contribution in [3.8, 4) is 11.8 Å². The minimum atomic E-state index is 0.320. The average molecular weight is 314 g/mol. The molecule has 0 atom stereocenters. The van der Waals surface area contributed by atoms with Crippen molar-refractivity contribution in [2.24, 2.45) is 0 Å². The molecule has 0 saturated heterocycles. The van der Waals surface area contributed by atoms with Crippen LogP contribution in [0, 0.1) is 6.92 Å². The number of nitrogens with zero attached hydrogens (tertiary/aromatic N) is 2. The van der Waals surface area contributed by atoms with Crippen molar-refractivity contribution >= 4 is 27.5 Å². The van der Waals surface area contributed by atoms with Crippen LogP contribution in [0.1, 0.15) is 11.1 Å². The molecule has 0 N–H and O–H groups in total. The Balaban J connectivity index is 2.22. The lowest BCUT2D eigenvalue weighted by molar-refractivity contribution is 0.438. The van der Waals surface area contributed by atoms with E-state index in [1.54, 1.807) is 12.4 Å². The Morgan fingerprint density at radius 3 is 2.65 bits per heavy atom. The molecule has 0 unspecified atom stereocenters. The van der Waals surface area contributed by atoms with E-state index in [4.69, 9.17) is 16.3 Å². The molecule has 0 fully saturated rings. The van der Waals surface area contributed by atoms with Crippen molar-refractivity contribution < 1.29 is 4.74 Å². The summed E-state index contributed by atoms with van der Waals surface area (Å²) in [5.41, 5.74) is 1.89. The molecule has 0 aliphatic carbocycles. The third kappa shape index (κ3) is 3.17. The fourth-order valence-corrected chi connectivity index (χ4v) is 1.72. The average Bonchev–Trinajstić information content (AvgIpc) is 2.35. The van der Waals surface area contributed by atoms with E-state index in [2.05, 4.69) is 25.9 Å². The largest absolute Gasteiger partial charge is 0.424 e. The summed E-state index contributed by atoms with van der Waals surface area (Å²) in [5, 5.41) is 0. The van der Waals surface area contributed by atoms with Crippen LogP contribution in [-0.2, 0) is 5.88 Å². The number of benzene rings is 1. The second kappa shape index (κ2) is 5.47. The van der Waals surface area contributed by atoms with E-state index in [-0.39, 0.29) is 0 Å². The number of halogens is 2. The molecule has 1 heterocycles. The fourth-order valence-electron chi connectivity index (χ4n) is 1.25. The van der Waals surface area contributed by atoms with Crippen molar-refractivity contribution in [3.05, 3.63) is 46.2 Å². The van der Waals surface area contributed by atoms with Crippen molar-refractivity contribution in [1.82, 2.24) is 9.97 Å². The molecule has 0 spiro atoms. The Hall–Kier alpha value is -1.13. The van der Waals surface area contributed by atoms with E-state index in [0.29, 0.717) is 11.9 Å². The standard InChI is InChI=1S/C12H10BrClN2O/c1-8-2-3-10(13)4-11(8)17-12-15-6-9(5-14)7-16-12/h2-4,6-7H,5H2,1H3. The van der Waals surface area contributed by atoms with Gasteiger partial charge in [-0.15, -0.1) is 11.6 Å². The Kier molecular flexibility index (Phi) is 3.97. The molecule has 0 bridgehead atoms. The van der Waals surface area contributed by atoms with Gasteiger partial charge in [0.25, 0.3) is 0 Å². The van der Waals surface area contributed by atoms with Crippen LogP contribution >= 0.6 is 27.5 Å². The van der Waals surface area contributed by atoms with Gasteiger partial charge in [-0.25, -0.2) is 9.97 Å². The van der Waals surface area contributed by atoms with Crippen molar-refractivity contribution in [1.29, 1.82) is 0 Å². The highest BCUT2D eigenvalue weighted by atomic mass is 79.9. The minimum absolute atomic E-state index is 0.320. The Labute approximate surface area is 113 Å². The van der Waals surface area contributed by atoms with Crippen molar-refractivity contribution in [2.75, 3.05) is 0 Å². The topological polar surface area (TPSA) is 35.0 Å². The quantitative estimate of drug-likeness (QED) is 0.801. The summed E-state index contributed by atoms with van der Waals surface area (Å²) < 4.78 is 6.55. The second-order valence-electron chi connectivity index (χ2n) is 3.52. The highest BCUT2D eigenvalue weighted by Crippen LogP contribution is 2.26. The molecule has 0 aliphatic heterocycles. The number of hydrogen-bond donors (Lipinski definition) is 0. The first-order valence-corrected chi connectivity index (χ1v) is 6.32. The smallest absolute Gasteiger partial charge is 0.321 e. The molecular formula is C12H10BrClN2O. The van der Waals surface area contributed by atoms with E-state index in [1.165, 1.54) is 0 Å². The molecule has 3 nitrogen and oxygen atoms in total. The van der Waals surface area contributed by atoms with E-state index < -0.39 is 0 Å². The van der Waals surface area contributed by atoms with E-state index >= 15 is 0 Å². The highest BCUT2D eigenvalue weighted by molar-refractivity contribution is 9.10. The molecule has 17 heavy (non-hydrogen) atoms. The first kappa shape index (κ1) is 12.3. The normalized spacial score (nSPS) is 10.3. The lowest BCUT2D eigenvalue weighted by atomic mass is 10.2. The highest BCUT2D eigenvalue weighted by Gasteiger charge is 2.04. The zero-order chi connectivity index (χ0) is 12.3. The van der Waals surface area contributed by atoms with Crippen LogP contribution in [0.2, 0.25) is 0 Å². The molecule has 1 aromatic heterocycles.